The normalized spacial score (nSPS) is 10.7. The predicted molar refractivity (Wildman–Crippen MR) is 109 cm³/mol. The molecule has 0 radical (unpaired) electrons. The van der Waals surface area contributed by atoms with Gasteiger partial charge in [0, 0.05) is 11.8 Å². The largest absolute Gasteiger partial charge is 0.497 e. The van der Waals surface area contributed by atoms with Gasteiger partial charge in [0.05, 0.1) is 7.11 Å². The number of benzene rings is 2. The number of aromatic nitrogens is 2. The highest BCUT2D eigenvalue weighted by molar-refractivity contribution is 5.73. The number of rotatable bonds is 5. The summed E-state index contributed by atoms with van der Waals surface area (Å²) < 4.78 is 37.0. The van der Waals surface area contributed by atoms with Crippen LogP contribution in [-0.2, 0) is 17.6 Å². The number of aliphatic carboxylic acids is 1. The number of alkyl halides is 3. The van der Waals surface area contributed by atoms with E-state index in [-0.39, 0.29) is 11.5 Å². The quantitative estimate of drug-likeness (QED) is 0.565. The summed E-state index contributed by atoms with van der Waals surface area (Å²) in [5.74, 6) is -1.78. The molecule has 1 heterocycles. The van der Waals surface area contributed by atoms with Crippen LogP contribution >= 0.6 is 0 Å². The summed E-state index contributed by atoms with van der Waals surface area (Å²) in [6, 6.07) is 16.2. The molecule has 0 aliphatic heterocycles. The first-order valence-corrected chi connectivity index (χ1v) is 8.97. The summed E-state index contributed by atoms with van der Waals surface area (Å²) in [5.41, 5.74) is 9.31. The standard InChI is InChI=1S/C19H19N3O2.C2HF3O2/c1-24-17-7-3-6-15(11-17)14-5-2-4-13(10-14)8-9-16-12-21-19(20)22-18(16)23;3-2(4,5)1(6)7/h2-7,10-12H,8-9H2,1H3,(H3,20,21,22,23);(H,6,7). The third kappa shape index (κ3) is 7.18. The molecule has 0 aliphatic rings. The van der Waals surface area contributed by atoms with Gasteiger partial charge in [0.15, 0.2) is 5.95 Å². The van der Waals surface area contributed by atoms with E-state index in [0.717, 1.165) is 28.9 Å². The smallest absolute Gasteiger partial charge is 0.490 e. The van der Waals surface area contributed by atoms with Crippen molar-refractivity contribution >= 4 is 11.9 Å². The molecule has 0 unspecified atom stereocenters. The number of carboxylic acid groups (broad SMARTS) is 1. The van der Waals surface area contributed by atoms with Crippen molar-refractivity contribution in [2.45, 2.75) is 19.0 Å². The first-order chi connectivity index (χ1) is 14.6. The van der Waals surface area contributed by atoms with E-state index in [1.54, 1.807) is 13.3 Å². The van der Waals surface area contributed by atoms with Crippen LogP contribution in [-0.4, -0.2) is 34.3 Å². The second-order valence-corrected chi connectivity index (χ2v) is 6.36. The van der Waals surface area contributed by atoms with Gasteiger partial charge in [0.2, 0.25) is 0 Å². The van der Waals surface area contributed by atoms with Crippen molar-refractivity contribution in [3.63, 3.8) is 0 Å². The number of methoxy groups -OCH3 is 1. The summed E-state index contributed by atoms with van der Waals surface area (Å²) in [4.78, 5) is 27.2. The van der Waals surface area contributed by atoms with Crippen LogP contribution in [0.4, 0.5) is 19.1 Å². The molecule has 0 fully saturated rings. The minimum atomic E-state index is -5.08. The van der Waals surface area contributed by atoms with Crippen LogP contribution < -0.4 is 16.0 Å². The number of nitrogens with zero attached hydrogens (tertiary/aromatic N) is 1. The molecule has 0 atom stereocenters. The second kappa shape index (κ2) is 10.3. The SMILES string of the molecule is COc1cccc(-c2cccc(CCc3cnc(N)[nH]c3=O)c2)c1.O=C(O)C(F)(F)F. The lowest BCUT2D eigenvalue weighted by Gasteiger charge is -2.07. The molecule has 0 spiro atoms. The van der Waals surface area contributed by atoms with Gasteiger partial charge in [-0.3, -0.25) is 9.78 Å². The van der Waals surface area contributed by atoms with Gasteiger partial charge < -0.3 is 15.6 Å². The van der Waals surface area contributed by atoms with Gasteiger partial charge in [-0.25, -0.2) is 9.78 Å². The van der Waals surface area contributed by atoms with Crippen LogP contribution in [0.5, 0.6) is 5.75 Å². The van der Waals surface area contributed by atoms with Crippen molar-refractivity contribution in [1.29, 1.82) is 0 Å². The highest BCUT2D eigenvalue weighted by Gasteiger charge is 2.38. The number of nitrogens with one attached hydrogen (secondary N) is 1. The fourth-order valence-electron chi connectivity index (χ4n) is 2.60. The van der Waals surface area contributed by atoms with Gasteiger partial charge in [-0.1, -0.05) is 36.4 Å². The zero-order valence-electron chi connectivity index (χ0n) is 16.4. The predicted octanol–water partition coefficient (Wildman–Crippen LogP) is 3.45. The zero-order valence-corrected chi connectivity index (χ0v) is 16.4. The minimum absolute atomic E-state index is 0.142. The Morgan fingerprint density at radius 1 is 1.13 bits per heavy atom. The molecular formula is C21H20F3N3O4. The Balaban J connectivity index is 0.000000423. The number of halogens is 3. The number of nitrogens with two attached hydrogens (primary N) is 1. The highest BCUT2D eigenvalue weighted by Crippen LogP contribution is 2.24. The number of aryl methyl sites for hydroxylation is 2. The van der Waals surface area contributed by atoms with E-state index in [9.17, 15) is 18.0 Å². The molecule has 31 heavy (non-hydrogen) atoms. The maximum Gasteiger partial charge on any atom is 0.490 e. The average molecular weight is 435 g/mol. The number of aromatic amines is 1. The van der Waals surface area contributed by atoms with E-state index in [0.29, 0.717) is 12.0 Å². The number of hydrogen-bond acceptors (Lipinski definition) is 5. The number of carbonyl (C=O) groups is 1. The fourth-order valence-corrected chi connectivity index (χ4v) is 2.60. The molecular weight excluding hydrogens is 415 g/mol. The van der Waals surface area contributed by atoms with Gasteiger partial charge in [-0.2, -0.15) is 13.2 Å². The maximum absolute atomic E-state index is 11.8. The van der Waals surface area contributed by atoms with Crippen molar-refractivity contribution in [3.05, 3.63) is 76.2 Å². The highest BCUT2D eigenvalue weighted by atomic mass is 19.4. The lowest BCUT2D eigenvalue weighted by molar-refractivity contribution is -0.192. The van der Waals surface area contributed by atoms with Crippen molar-refractivity contribution < 1.29 is 27.8 Å². The number of anilines is 1. The molecule has 10 heteroatoms. The van der Waals surface area contributed by atoms with E-state index in [1.165, 1.54) is 0 Å². The van der Waals surface area contributed by atoms with Crippen LogP contribution in [0.3, 0.4) is 0 Å². The minimum Gasteiger partial charge on any atom is -0.497 e. The van der Waals surface area contributed by atoms with Crippen molar-refractivity contribution in [2.24, 2.45) is 0 Å². The molecule has 3 rings (SSSR count). The van der Waals surface area contributed by atoms with E-state index in [2.05, 4.69) is 34.2 Å². The zero-order chi connectivity index (χ0) is 23.0. The van der Waals surface area contributed by atoms with Crippen LogP contribution in [0.2, 0.25) is 0 Å². The van der Waals surface area contributed by atoms with E-state index in [1.807, 2.05) is 24.3 Å². The number of ether oxygens (including phenoxy) is 1. The molecule has 0 saturated carbocycles. The van der Waals surface area contributed by atoms with Crippen molar-refractivity contribution in [2.75, 3.05) is 12.8 Å². The molecule has 0 bridgehead atoms. The number of nitrogen functional groups attached to an aromatic ring is 1. The fraction of sp³-hybridized carbons (Fsp3) is 0.190. The molecule has 4 N–H and O–H groups in total. The van der Waals surface area contributed by atoms with E-state index < -0.39 is 12.1 Å². The van der Waals surface area contributed by atoms with Crippen LogP contribution in [0.25, 0.3) is 11.1 Å². The van der Waals surface area contributed by atoms with Gasteiger partial charge in [0.1, 0.15) is 5.75 Å². The van der Waals surface area contributed by atoms with Crippen LogP contribution in [0.15, 0.2) is 59.5 Å². The topological polar surface area (TPSA) is 118 Å². The summed E-state index contributed by atoms with van der Waals surface area (Å²) in [5, 5.41) is 7.12. The van der Waals surface area contributed by atoms with Gasteiger partial charge >= 0.3 is 12.1 Å². The third-order valence-electron chi connectivity index (χ3n) is 4.15. The molecule has 164 valence electrons. The molecule has 0 saturated heterocycles. The Bertz CT molecular complexity index is 1100. The monoisotopic (exact) mass is 435 g/mol. The van der Waals surface area contributed by atoms with Gasteiger partial charge in [-0.05, 0) is 41.7 Å². The second-order valence-electron chi connectivity index (χ2n) is 6.36. The number of H-pyrrole nitrogens is 1. The van der Waals surface area contributed by atoms with Crippen molar-refractivity contribution in [3.8, 4) is 16.9 Å². The molecule has 0 aliphatic carbocycles. The molecule has 0 amide bonds. The van der Waals surface area contributed by atoms with E-state index in [4.69, 9.17) is 20.4 Å². The molecule has 2 aromatic carbocycles. The van der Waals surface area contributed by atoms with E-state index >= 15 is 0 Å². The Morgan fingerprint density at radius 3 is 2.32 bits per heavy atom. The molecule has 1 aromatic heterocycles. The third-order valence-corrected chi connectivity index (χ3v) is 4.15. The van der Waals surface area contributed by atoms with Gasteiger partial charge in [0.25, 0.3) is 5.56 Å². The molecule has 7 nitrogen and oxygen atoms in total. The lowest BCUT2D eigenvalue weighted by atomic mass is 10.00. The van der Waals surface area contributed by atoms with Crippen LogP contribution in [0, 0.1) is 0 Å². The summed E-state index contributed by atoms with van der Waals surface area (Å²) in [6.07, 6.45) is -2.17. The Labute approximate surface area is 175 Å². The average Bonchev–Trinajstić information content (AvgIpc) is 2.73. The number of hydrogen-bond donors (Lipinski definition) is 3. The lowest BCUT2D eigenvalue weighted by Crippen LogP contribution is -2.21. The Kier molecular flexibility index (Phi) is 7.78. The maximum atomic E-state index is 11.8. The van der Waals surface area contributed by atoms with Crippen molar-refractivity contribution in [1.82, 2.24) is 9.97 Å². The summed E-state index contributed by atoms with van der Waals surface area (Å²) in [6.45, 7) is 0. The first-order valence-electron chi connectivity index (χ1n) is 8.97. The summed E-state index contributed by atoms with van der Waals surface area (Å²) in [7, 11) is 1.66. The first kappa shape index (κ1) is 23.5. The Morgan fingerprint density at radius 2 is 1.74 bits per heavy atom. The molecule has 3 aromatic rings. The number of carboxylic acids is 1. The van der Waals surface area contributed by atoms with Crippen LogP contribution in [0.1, 0.15) is 11.1 Å². The van der Waals surface area contributed by atoms with Gasteiger partial charge in [-0.15, -0.1) is 0 Å². The summed E-state index contributed by atoms with van der Waals surface area (Å²) >= 11 is 0. The Hall–Kier alpha value is -3.82.